The molecule has 0 saturated carbocycles. The van der Waals surface area contributed by atoms with Crippen LogP contribution in [-0.4, -0.2) is 19.1 Å². The first kappa shape index (κ1) is 22.6. The van der Waals surface area contributed by atoms with Gasteiger partial charge in [-0.3, -0.25) is 4.79 Å². The Labute approximate surface area is 180 Å². The Hall–Kier alpha value is -2.68. The summed E-state index contributed by atoms with van der Waals surface area (Å²) in [5, 5.41) is 13.1. The first-order chi connectivity index (χ1) is 13.9. The van der Waals surface area contributed by atoms with Gasteiger partial charge in [-0.2, -0.15) is 5.26 Å². The summed E-state index contributed by atoms with van der Waals surface area (Å²) in [6.45, 7) is 6.55. The number of rotatable bonds is 8. The van der Waals surface area contributed by atoms with Crippen LogP contribution in [0.4, 0.5) is 5.69 Å². The standard InChI is InChI=1S/C22H22Cl2N2O3/c1-4-9-29-21-18(24)11-15(12-20(21)28-5-2)10-16(13-25)22(27)26-19-8-6-7-17(23)14(19)3/h6-8,10-12H,4-5,9H2,1-3H3,(H,26,27)/b16-10+. The fraction of sp³-hybridized carbons (Fsp3) is 0.273. The third-order valence-electron chi connectivity index (χ3n) is 3.97. The third-order valence-corrected chi connectivity index (χ3v) is 4.66. The van der Waals surface area contributed by atoms with Crippen molar-refractivity contribution >= 4 is 40.9 Å². The second kappa shape index (κ2) is 10.8. The molecule has 0 heterocycles. The van der Waals surface area contributed by atoms with E-state index < -0.39 is 5.91 Å². The van der Waals surface area contributed by atoms with Crippen LogP contribution in [0.25, 0.3) is 6.08 Å². The van der Waals surface area contributed by atoms with Gasteiger partial charge in [-0.05, 0) is 61.7 Å². The number of benzene rings is 2. The summed E-state index contributed by atoms with van der Waals surface area (Å²) in [6.07, 6.45) is 2.28. The molecule has 7 heteroatoms. The van der Waals surface area contributed by atoms with Gasteiger partial charge in [0.1, 0.15) is 11.6 Å². The molecule has 0 aliphatic rings. The molecule has 152 valence electrons. The highest BCUT2D eigenvalue weighted by molar-refractivity contribution is 6.32. The van der Waals surface area contributed by atoms with E-state index in [1.807, 2.05) is 19.9 Å². The van der Waals surface area contributed by atoms with Crippen LogP contribution in [0, 0.1) is 18.3 Å². The van der Waals surface area contributed by atoms with E-state index in [0.29, 0.717) is 46.0 Å². The van der Waals surface area contributed by atoms with Gasteiger partial charge >= 0.3 is 0 Å². The number of nitrogens with zero attached hydrogens (tertiary/aromatic N) is 1. The van der Waals surface area contributed by atoms with Gasteiger partial charge < -0.3 is 14.8 Å². The SMILES string of the molecule is CCCOc1c(Cl)cc(/C=C(\C#N)C(=O)Nc2cccc(Cl)c2C)cc1OCC. The van der Waals surface area contributed by atoms with Gasteiger partial charge in [-0.25, -0.2) is 0 Å². The van der Waals surface area contributed by atoms with Crippen LogP contribution in [0.5, 0.6) is 11.5 Å². The fourth-order valence-electron chi connectivity index (χ4n) is 2.53. The molecule has 0 aromatic heterocycles. The molecule has 5 nitrogen and oxygen atoms in total. The van der Waals surface area contributed by atoms with Gasteiger partial charge in [0.25, 0.3) is 5.91 Å². The molecule has 0 atom stereocenters. The monoisotopic (exact) mass is 432 g/mol. The van der Waals surface area contributed by atoms with Crippen LogP contribution in [0.3, 0.4) is 0 Å². The average Bonchev–Trinajstić information content (AvgIpc) is 2.69. The molecule has 0 bridgehead atoms. The van der Waals surface area contributed by atoms with Crippen molar-refractivity contribution in [1.82, 2.24) is 0 Å². The Kier molecular flexibility index (Phi) is 8.38. The van der Waals surface area contributed by atoms with Gasteiger partial charge in [0.2, 0.25) is 0 Å². The first-order valence-corrected chi connectivity index (χ1v) is 9.94. The number of anilines is 1. The molecule has 29 heavy (non-hydrogen) atoms. The van der Waals surface area contributed by atoms with Crippen molar-refractivity contribution in [2.45, 2.75) is 27.2 Å². The molecule has 0 fully saturated rings. The Morgan fingerprint density at radius 2 is 1.97 bits per heavy atom. The van der Waals surface area contributed by atoms with Gasteiger partial charge in [0, 0.05) is 10.7 Å². The van der Waals surface area contributed by atoms with Gasteiger partial charge in [-0.15, -0.1) is 0 Å². The zero-order chi connectivity index (χ0) is 21.4. The van der Waals surface area contributed by atoms with Gasteiger partial charge in [-0.1, -0.05) is 36.2 Å². The summed E-state index contributed by atoms with van der Waals surface area (Å²) in [6, 6.07) is 10.4. The lowest BCUT2D eigenvalue weighted by molar-refractivity contribution is -0.112. The summed E-state index contributed by atoms with van der Waals surface area (Å²) >= 11 is 12.4. The van der Waals surface area contributed by atoms with Crippen molar-refractivity contribution in [3.63, 3.8) is 0 Å². The Morgan fingerprint density at radius 3 is 2.62 bits per heavy atom. The highest BCUT2D eigenvalue weighted by Crippen LogP contribution is 2.37. The minimum absolute atomic E-state index is 0.0786. The van der Waals surface area contributed by atoms with Crippen LogP contribution < -0.4 is 14.8 Å². The van der Waals surface area contributed by atoms with Crippen molar-refractivity contribution in [1.29, 1.82) is 5.26 Å². The molecular weight excluding hydrogens is 411 g/mol. The van der Waals surface area contributed by atoms with E-state index in [9.17, 15) is 10.1 Å². The number of amides is 1. The highest BCUT2D eigenvalue weighted by Gasteiger charge is 2.15. The third kappa shape index (κ3) is 5.90. The number of nitrogens with one attached hydrogen (secondary N) is 1. The zero-order valence-electron chi connectivity index (χ0n) is 16.5. The van der Waals surface area contributed by atoms with E-state index in [1.165, 1.54) is 6.08 Å². The molecule has 0 unspecified atom stereocenters. The number of hydrogen-bond donors (Lipinski definition) is 1. The summed E-state index contributed by atoms with van der Waals surface area (Å²) in [4.78, 5) is 12.6. The summed E-state index contributed by atoms with van der Waals surface area (Å²) < 4.78 is 11.3. The lowest BCUT2D eigenvalue weighted by atomic mass is 10.1. The molecular formula is C22H22Cl2N2O3. The predicted octanol–water partition coefficient (Wildman–Crippen LogP) is 6.04. The quantitative estimate of drug-likeness (QED) is 0.407. The topological polar surface area (TPSA) is 71.3 Å². The lowest BCUT2D eigenvalue weighted by Crippen LogP contribution is -2.14. The van der Waals surface area contributed by atoms with E-state index in [4.69, 9.17) is 32.7 Å². The summed E-state index contributed by atoms with van der Waals surface area (Å²) in [5.41, 5.74) is 1.74. The lowest BCUT2D eigenvalue weighted by Gasteiger charge is -2.14. The molecule has 0 spiro atoms. The van der Waals surface area contributed by atoms with Crippen molar-refractivity contribution in [3.8, 4) is 17.6 Å². The smallest absolute Gasteiger partial charge is 0.266 e. The van der Waals surface area contributed by atoms with Crippen LogP contribution >= 0.6 is 23.2 Å². The fourth-order valence-corrected chi connectivity index (χ4v) is 2.97. The second-order valence-electron chi connectivity index (χ2n) is 6.15. The van der Waals surface area contributed by atoms with Crippen molar-refractivity contribution in [3.05, 3.63) is 57.1 Å². The van der Waals surface area contributed by atoms with Crippen LogP contribution in [-0.2, 0) is 4.79 Å². The largest absolute Gasteiger partial charge is 0.490 e. The number of hydrogen-bond acceptors (Lipinski definition) is 4. The van der Waals surface area contributed by atoms with Crippen LogP contribution in [0.1, 0.15) is 31.4 Å². The Morgan fingerprint density at radius 1 is 1.21 bits per heavy atom. The van der Waals surface area contributed by atoms with E-state index in [2.05, 4.69) is 5.32 Å². The maximum atomic E-state index is 12.6. The van der Waals surface area contributed by atoms with Crippen molar-refractivity contribution in [2.75, 3.05) is 18.5 Å². The number of ether oxygens (including phenoxy) is 2. The molecule has 0 saturated heterocycles. The molecule has 0 radical (unpaired) electrons. The Bertz CT molecular complexity index is 965. The molecule has 0 aliphatic heterocycles. The Balaban J connectivity index is 2.35. The maximum Gasteiger partial charge on any atom is 0.266 e. The molecule has 1 N–H and O–H groups in total. The minimum Gasteiger partial charge on any atom is -0.490 e. The van der Waals surface area contributed by atoms with Crippen LogP contribution in [0.15, 0.2) is 35.9 Å². The predicted molar refractivity (Wildman–Crippen MR) is 117 cm³/mol. The summed E-state index contributed by atoms with van der Waals surface area (Å²) in [5.74, 6) is 0.367. The first-order valence-electron chi connectivity index (χ1n) is 9.18. The number of nitriles is 1. The van der Waals surface area contributed by atoms with Gasteiger partial charge in [0.15, 0.2) is 11.5 Å². The van der Waals surface area contributed by atoms with Gasteiger partial charge in [0.05, 0.1) is 18.2 Å². The molecule has 2 aromatic rings. The molecule has 2 aromatic carbocycles. The van der Waals surface area contributed by atoms with Crippen LogP contribution in [0.2, 0.25) is 10.0 Å². The average molecular weight is 433 g/mol. The second-order valence-corrected chi connectivity index (χ2v) is 6.96. The van der Waals surface area contributed by atoms with E-state index in [0.717, 1.165) is 12.0 Å². The molecule has 2 rings (SSSR count). The summed E-state index contributed by atoms with van der Waals surface area (Å²) in [7, 11) is 0. The minimum atomic E-state index is -0.543. The number of carbonyl (C=O) groups is 1. The normalized spacial score (nSPS) is 11.0. The molecule has 1 amide bonds. The number of halogens is 2. The van der Waals surface area contributed by atoms with Crippen molar-refractivity contribution < 1.29 is 14.3 Å². The van der Waals surface area contributed by atoms with E-state index in [-0.39, 0.29) is 5.57 Å². The van der Waals surface area contributed by atoms with E-state index >= 15 is 0 Å². The zero-order valence-corrected chi connectivity index (χ0v) is 18.0. The van der Waals surface area contributed by atoms with Crippen molar-refractivity contribution in [2.24, 2.45) is 0 Å². The molecule has 0 aliphatic carbocycles. The van der Waals surface area contributed by atoms with E-state index in [1.54, 1.807) is 37.3 Å². The maximum absolute atomic E-state index is 12.6. The number of carbonyl (C=O) groups excluding carboxylic acids is 1. The highest BCUT2D eigenvalue weighted by atomic mass is 35.5.